The Morgan fingerprint density at radius 2 is 0.729 bits per heavy atom. The van der Waals surface area contributed by atoms with E-state index in [1.165, 1.54) is 14.7 Å². The standard InChI is InChI=1S/3C10H10N2OS.C5H5.Ti/c3*1-7-3-2-4-8(5-7)12-9(13)6-11-10(12)14;1-2-4-5-3-1;/h3*2-5H,6H2,1H3,(H,11,14);1-5H;/q;;;;+4/p-3. The van der Waals surface area contributed by atoms with Gasteiger partial charge in [-0.3, -0.25) is 44.1 Å². The third kappa shape index (κ3) is 10.7. The fourth-order valence-corrected chi connectivity index (χ4v) is 5.35. The fourth-order valence-electron chi connectivity index (χ4n) is 4.54. The predicted octanol–water partition coefficient (Wildman–Crippen LogP) is 4.75. The molecule has 48 heavy (non-hydrogen) atoms. The van der Waals surface area contributed by atoms with Gasteiger partial charge in [-0.15, -0.1) is 0 Å². The molecular formula is C35H32N6O3S3Ti+. The molecule has 4 aliphatic rings. The van der Waals surface area contributed by atoms with Gasteiger partial charge in [-0.2, -0.15) is 0 Å². The topological polar surface area (TPSA) is 98.0 Å². The summed E-state index contributed by atoms with van der Waals surface area (Å²) in [5, 5.41) is 1.09. The molecule has 1 fully saturated rings. The molecule has 0 bridgehead atoms. The summed E-state index contributed by atoms with van der Waals surface area (Å²) in [6, 6.07) is 23.0. The largest absolute Gasteiger partial charge is 4.00 e. The van der Waals surface area contributed by atoms with Crippen LogP contribution in [-0.4, -0.2) is 52.9 Å². The fraction of sp³-hybridized carbons (Fsp3) is 0.171. The second-order valence-corrected chi connectivity index (χ2v) is 11.6. The van der Waals surface area contributed by atoms with E-state index in [4.69, 9.17) is 37.9 Å². The summed E-state index contributed by atoms with van der Waals surface area (Å²) in [5.41, 5.74) is 5.73. The molecule has 1 aliphatic carbocycles. The number of amidine groups is 3. The zero-order valence-corrected chi connectivity index (χ0v) is 30.6. The van der Waals surface area contributed by atoms with Crippen molar-refractivity contribution in [1.82, 2.24) is 0 Å². The van der Waals surface area contributed by atoms with E-state index in [0.29, 0.717) is 15.5 Å². The zero-order valence-electron chi connectivity index (χ0n) is 26.6. The van der Waals surface area contributed by atoms with E-state index >= 15 is 0 Å². The van der Waals surface area contributed by atoms with Gasteiger partial charge in [0.05, 0.1) is 0 Å². The Kier molecular flexibility index (Phi) is 15.3. The maximum absolute atomic E-state index is 11.4. The average molecular weight is 729 g/mol. The van der Waals surface area contributed by atoms with Gasteiger partial charge in [-0.1, -0.05) is 36.4 Å². The second kappa shape index (κ2) is 18.9. The number of benzene rings is 3. The number of carbonyl (C=O) groups excluding carboxylic acids is 3. The Morgan fingerprint density at radius 1 is 0.479 bits per heavy atom. The quantitative estimate of drug-likeness (QED) is 0.286. The van der Waals surface area contributed by atoms with Crippen LogP contribution in [0, 0.1) is 52.9 Å². The van der Waals surface area contributed by atoms with Crippen LogP contribution in [0.3, 0.4) is 0 Å². The molecule has 0 saturated heterocycles. The first kappa shape index (κ1) is 38.9. The zero-order chi connectivity index (χ0) is 33.9. The van der Waals surface area contributed by atoms with E-state index in [1.54, 1.807) is 0 Å². The minimum absolute atomic E-state index is 0. The predicted molar refractivity (Wildman–Crippen MR) is 196 cm³/mol. The third-order valence-electron chi connectivity index (χ3n) is 6.71. The second-order valence-electron chi connectivity index (χ2n) is 10.5. The summed E-state index contributed by atoms with van der Waals surface area (Å²) in [5.74, 6) is -0.165. The molecule has 3 aliphatic heterocycles. The number of amides is 3. The molecule has 0 atom stereocenters. The molecule has 3 aromatic carbocycles. The van der Waals surface area contributed by atoms with Crippen LogP contribution in [0.4, 0.5) is 17.1 Å². The van der Waals surface area contributed by atoms with Crippen molar-refractivity contribution in [2.45, 2.75) is 20.8 Å². The van der Waals surface area contributed by atoms with Crippen LogP contribution < -0.4 is 14.7 Å². The molecule has 13 heteroatoms. The minimum Gasteiger partial charge on any atom is -0.742 e. The molecule has 3 heterocycles. The normalized spacial score (nSPS) is 16.4. The summed E-state index contributed by atoms with van der Waals surface area (Å²) in [4.78, 5) is 50.5. The number of nitrogens with zero attached hydrogens (tertiary/aromatic N) is 6. The summed E-state index contributed by atoms with van der Waals surface area (Å²) < 4.78 is 0. The summed E-state index contributed by atoms with van der Waals surface area (Å²) in [6.45, 7) is 6.45. The van der Waals surface area contributed by atoms with Crippen molar-refractivity contribution < 1.29 is 36.1 Å². The first-order valence-corrected chi connectivity index (χ1v) is 15.8. The Bertz CT molecular complexity index is 1510. The molecule has 0 unspecified atom stereocenters. The van der Waals surface area contributed by atoms with Gasteiger partial charge in [0.1, 0.15) is 19.6 Å². The van der Waals surface area contributed by atoms with Gasteiger partial charge in [-0.25, -0.2) is 0 Å². The van der Waals surface area contributed by atoms with Gasteiger partial charge in [0, 0.05) is 17.1 Å². The number of hydrogen-bond donors (Lipinski definition) is 0. The number of aryl methyl sites for hydroxylation is 3. The van der Waals surface area contributed by atoms with Gasteiger partial charge < -0.3 is 37.9 Å². The van der Waals surface area contributed by atoms with E-state index < -0.39 is 0 Å². The van der Waals surface area contributed by atoms with Gasteiger partial charge in [0.2, 0.25) is 0 Å². The Morgan fingerprint density at radius 3 is 0.917 bits per heavy atom. The van der Waals surface area contributed by atoms with Crippen molar-refractivity contribution in [1.29, 1.82) is 0 Å². The van der Waals surface area contributed by atoms with Crippen LogP contribution in [0.1, 0.15) is 16.7 Å². The molecule has 0 spiro atoms. The summed E-state index contributed by atoms with van der Waals surface area (Å²) in [7, 11) is 0. The molecular weight excluding hydrogens is 696 g/mol. The maximum Gasteiger partial charge on any atom is 4.00 e. The number of hydrogen-bond acceptors (Lipinski definition) is 9. The molecule has 9 nitrogen and oxygen atoms in total. The maximum atomic E-state index is 11.4. The van der Waals surface area contributed by atoms with Crippen molar-refractivity contribution in [2.24, 2.45) is 15.0 Å². The smallest absolute Gasteiger partial charge is 0.742 e. The molecule has 5 radical (unpaired) electrons. The van der Waals surface area contributed by atoms with Crippen molar-refractivity contribution in [3.8, 4) is 0 Å². The first-order valence-electron chi connectivity index (χ1n) is 14.5. The monoisotopic (exact) mass is 728 g/mol. The Hall–Kier alpha value is -3.55. The number of rotatable bonds is 3. The molecule has 7 rings (SSSR count). The number of aliphatic imine (C=N–C) groups is 3. The Balaban J connectivity index is 0.000000180. The molecule has 0 N–H and O–H groups in total. The molecule has 1 saturated carbocycles. The van der Waals surface area contributed by atoms with Crippen LogP contribution >= 0.6 is 0 Å². The van der Waals surface area contributed by atoms with Gasteiger partial charge >= 0.3 is 21.7 Å². The van der Waals surface area contributed by atoms with E-state index in [0.717, 1.165) is 33.8 Å². The molecule has 3 amide bonds. The third-order valence-corrected chi connectivity index (χ3v) is 7.64. The molecule has 241 valence electrons. The van der Waals surface area contributed by atoms with Gasteiger partial charge in [-0.05, 0) is 121 Å². The van der Waals surface area contributed by atoms with Gasteiger partial charge in [0.15, 0.2) is 0 Å². The summed E-state index contributed by atoms with van der Waals surface area (Å²) in [6.07, 6.45) is 10.0. The van der Waals surface area contributed by atoms with E-state index in [-0.39, 0.29) is 59.1 Å². The van der Waals surface area contributed by atoms with Crippen molar-refractivity contribution in [3.05, 3.63) is 122 Å². The van der Waals surface area contributed by atoms with E-state index in [1.807, 2.05) is 126 Å². The average Bonchev–Trinajstić information content (AvgIpc) is 3.85. The van der Waals surface area contributed by atoms with Crippen LogP contribution in [0.5, 0.6) is 0 Å². The SMILES string of the molecule is Cc1cccc(N2C(=O)CN=C2[S-])c1.Cc1cccc(N2C(=O)CN=C2[S-])c1.Cc1cccc(N2C(=O)CN=C2[S-])c1.[CH]1[CH][CH][CH][CH]1.[Ti+4]. The van der Waals surface area contributed by atoms with E-state index in [9.17, 15) is 14.4 Å². The van der Waals surface area contributed by atoms with Crippen molar-refractivity contribution >= 4 is 88.2 Å². The summed E-state index contributed by atoms with van der Waals surface area (Å²) >= 11 is 14.9. The Labute approximate surface area is 314 Å². The van der Waals surface area contributed by atoms with Gasteiger partial charge in [0.25, 0.3) is 17.7 Å². The van der Waals surface area contributed by atoms with Crippen molar-refractivity contribution in [3.63, 3.8) is 0 Å². The number of carbonyl (C=O) groups is 3. The van der Waals surface area contributed by atoms with Crippen LogP contribution in [0.15, 0.2) is 87.8 Å². The van der Waals surface area contributed by atoms with E-state index in [2.05, 4.69) is 15.0 Å². The minimum atomic E-state index is -0.0550. The van der Waals surface area contributed by atoms with Crippen LogP contribution in [0.25, 0.3) is 0 Å². The molecule has 3 aromatic rings. The van der Waals surface area contributed by atoms with Crippen LogP contribution in [0.2, 0.25) is 0 Å². The number of anilines is 3. The van der Waals surface area contributed by atoms with Crippen molar-refractivity contribution in [2.75, 3.05) is 34.3 Å². The molecule has 0 aromatic heterocycles. The van der Waals surface area contributed by atoms with Crippen LogP contribution in [-0.2, 0) is 74.0 Å². The first-order chi connectivity index (χ1) is 22.5.